The van der Waals surface area contributed by atoms with Gasteiger partial charge in [0.1, 0.15) is 23.9 Å². The lowest BCUT2D eigenvalue weighted by molar-refractivity contribution is -0.142. The number of halogens is 1. The van der Waals surface area contributed by atoms with E-state index in [0.29, 0.717) is 60.4 Å². The standard InChI is InChI=1S/C35H48FN3O7/c1-20-26-18-24(14-15-28(26)45-30(20)33(42)43)37-31(40)29-25(21-8-6-5-7-9-21)16-17-39(29)32(41)23-12-10-22(11-13-23)27(19-36)38-34(44)46-35(2,3)4/h14-15,18,21-23,25,27,29H,5-13,16-17,19H2,1-4H3,(H,37,40)(H,38,44)(H,42,43)/t22-,23-,25-,27+,29-/m0/s1. The Hall–Kier alpha value is -3.63. The molecule has 2 heterocycles. The summed E-state index contributed by atoms with van der Waals surface area (Å²) in [4.78, 5) is 53.8. The quantitative estimate of drug-likeness (QED) is 0.287. The van der Waals surface area contributed by atoms with Crippen molar-refractivity contribution in [2.45, 2.75) is 110 Å². The number of fused-ring (bicyclic) bond motifs is 1. The Morgan fingerprint density at radius 1 is 1.04 bits per heavy atom. The Balaban J connectivity index is 1.29. The second-order valence-corrected chi connectivity index (χ2v) is 14.4. The van der Waals surface area contributed by atoms with E-state index in [1.54, 1.807) is 50.8 Å². The first kappa shape index (κ1) is 33.7. The smallest absolute Gasteiger partial charge is 0.407 e. The van der Waals surface area contributed by atoms with Gasteiger partial charge in [-0.25, -0.2) is 14.0 Å². The molecule has 3 aliphatic rings. The molecule has 46 heavy (non-hydrogen) atoms. The van der Waals surface area contributed by atoms with Gasteiger partial charge in [-0.05, 0) is 95.8 Å². The van der Waals surface area contributed by atoms with Gasteiger partial charge in [0.05, 0.1) is 6.04 Å². The number of hydrogen-bond donors (Lipinski definition) is 3. The monoisotopic (exact) mass is 641 g/mol. The molecule has 1 aliphatic heterocycles. The minimum atomic E-state index is -1.15. The van der Waals surface area contributed by atoms with Crippen LogP contribution in [-0.2, 0) is 14.3 Å². The van der Waals surface area contributed by atoms with Crippen LogP contribution < -0.4 is 10.6 Å². The van der Waals surface area contributed by atoms with Crippen LogP contribution in [0.2, 0.25) is 0 Å². The van der Waals surface area contributed by atoms with E-state index in [1.165, 1.54) is 6.42 Å². The molecule has 2 aliphatic carbocycles. The molecule has 11 heteroatoms. The van der Waals surface area contributed by atoms with Crippen LogP contribution in [0.5, 0.6) is 0 Å². The number of anilines is 1. The van der Waals surface area contributed by atoms with Crippen molar-refractivity contribution in [3.05, 3.63) is 29.5 Å². The molecule has 0 unspecified atom stereocenters. The molecule has 2 saturated carbocycles. The van der Waals surface area contributed by atoms with Crippen LogP contribution >= 0.6 is 0 Å². The average molecular weight is 642 g/mol. The summed E-state index contributed by atoms with van der Waals surface area (Å²) in [6.45, 7) is 6.77. The molecule has 5 rings (SSSR count). The minimum Gasteiger partial charge on any atom is -0.475 e. The summed E-state index contributed by atoms with van der Waals surface area (Å²) in [6, 6.07) is 3.80. The van der Waals surface area contributed by atoms with Gasteiger partial charge in [-0.15, -0.1) is 0 Å². The van der Waals surface area contributed by atoms with Crippen LogP contribution in [0, 0.1) is 30.6 Å². The number of alkyl carbamates (subject to hydrolysis) is 1. The molecule has 0 radical (unpaired) electrons. The summed E-state index contributed by atoms with van der Waals surface area (Å²) < 4.78 is 24.8. The molecule has 3 amide bonds. The second kappa shape index (κ2) is 14.0. The topological polar surface area (TPSA) is 138 Å². The lowest BCUT2D eigenvalue weighted by atomic mass is 9.76. The number of aromatic carboxylic acids is 1. The highest BCUT2D eigenvalue weighted by atomic mass is 19.1. The van der Waals surface area contributed by atoms with E-state index in [4.69, 9.17) is 9.15 Å². The van der Waals surface area contributed by atoms with Gasteiger partial charge in [0, 0.05) is 29.1 Å². The lowest BCUT2D eigenvalue weighted by Crippen LogP contribution is -2.50. The van der Waals surface area contributed by atoms with Crippen LogP contribution in [0.3, 0.4) is 0 Å². The number of carbonyl (C=O) groups excluding carboxylic acids is 3. The van der Waals surface area contributed by atoms with E-state index in [2.05, 4.69) is 10.6 Å². The average Bonchev–Trinajstić information content (AvgIpc) is 3.61. The van der Waals surface area contributed by atoms with E-state index in [0.717, 1.165) is 32.1 Å². The van der Waals surface area contributed by atoms with Crippen molar-refractivity contribution < 1.29 is 37.8 Å². The molecule has 3 fully saturated rings. The number of hydrogen-bond acceptors (Lipinski definition) is 6. The third kappa shape index (κ3) is 7.50. The fourth-order valence-corrected chi connectivity index (χ4v) is 7.92. The Morgan fingerprint density at radius 3 is 2.37 bits per heavy atom. The number of aryl methyl sites for hydroxylation is 1. The zero-order chi connectivity index (χ0) is 33.2. The zero-order valence-corrected chi connectivity index (χ0v) is 27.4. The molecule has 0 spiro atoms. The highest BCUT2D eigenvalue weighted by molar-refractivity contribution is 6.01. The van der Waals surface area contributed by atoms with E-state index < -0.39 is 36.4 Å². The molecule has 2 aromatic rings. The number of benzene rings is 1. The molecule has 3 atom stereocenters. The van der Waals surface area contributed by atoms with Gasteiger partial charge < -0.3 is 29.8 Å². The fraction of sp³-hybridized carbons (Fsp3) is 0.657. The number of nitrogens with one attached hydrogen (secondary N) is 2. The highest BCUT2D eigenvalue weighted by Gasteiger charge is 2.47. The lowest BCUT2D eigenvalue weighted by Gasteiger charge is -2.37. The van der Waals surface area contributed by atoms with Gasteiger partial charge in [-0.3, -0.25) is 9.59 Å². The van der Waals surface area contributed by atoms with Crippen molar-refractivity contribution in [3.8, 4) is 0 Å². The maximum absolute atomic E-state index is 14.1. The number of rotatable bonds is 8. The van der Waals surface area contributed by atoms with Crippen molar-refractivity contribution in [1.29, 1.82) is 0 Å². The van der Waals surface area contributed by atoms with Crippen molar-refractivity contribution in [1.82, 2.24) is 10.2 Å². The highest BCUT2D eigenvalue weighted by Crippen LogP contribution is 2.41. The normalized spacial score (nSPS) is 24.8. The molecular weight excluding hydrogens is 593 g/mol. The maximum atomic E-state index is 14.1. The van der Waals surface area contributed by atoms with Crippen LogP contribution in [-0.4, -0.2) is 64.8 Å². The number of carboxylic acids is 1. The predicted molar refractivity (Wildman–Crippen MR) is 171 cm³/mol. The SMILES string of the molecule is Cc1c(C(=O)O)oc2ccc(NC(=O)[C@@H]3[C@H](C4CCCCC4)CCN3C(=O)[C@H]3CC[C@H]([C@@H](CF)NC(=O)OC(C)(C)C)CC3)cc12. The third-order valence-electron chi connectivity index (χ3n) is 10.2. The van der Waals surface area contributed by atoms with E-state index in [-0.39, 0.29) is 35.3 Å². The van der Waals surface area contributed by atoms with Crippen molar-refractivity contribution in [3.63, 3.8) is 0 Å². The number of amides is 3. The zero-order valence-electron chi connectivity index (χ0n) is 27.4. The Morgan fingerprint density at radius 2 is 1.74 bits per heavy atom. The summed E-state index contributed by atoms with van der Waals surface area (Å²) in [7, 11) is 0. The number of likely N-dealkylation sites (tertiary alicyclic amines) is 1. The predicted octanol–water partition coefficient (Wildman–Crippen LogP) is 6.84. The number of carbonyl (C=O) groups is 4. The first-order valence-corrected chi connectivity index (χ1v) is 16.8. The van der Waals surface area contributed by atoms with Crippen molar-refractivity contribution in [2.24, 2.45) is 23.7 Å². The van der Waals surface area contributed by atoms with E-state index in [1.807, 2.05) is 0 Å². The molecule has 3 N–H and O–H groups in total. The van der Waals surface area contributed by atoms with Crippen LogP contribution in [0.25, 0.3) is 11.0 Å². The molecule has 10 nitrogen and oxygen atoms in total. The van der Waals surface area contributed by atoms with Gasteiger partial charge in [0.15, 0.2) is 0 Å². The van der Waals surface area contributed by atoms with Gasteiger partial charge in [-0.1, -0.05) is 32.1 Å². The molecule has 0 bridgehead atoms. The van der Waals surface area contributed by atoms with Gasteiger partial charge in [-0.2, -0.15) is 0 Å². The Labute approximate surface area is 269 Å². The summed E-state index contributed by atoms with van der Waals surface area (Å²) >= 11 is 0. The number of nitrogens with zero attached hydrogens (tertiary/aromatic N) is 1. The van der Waals surface area contributed by atoms with E-state index >= 15 is 0 Å². The number of ether oxygens (including phenoxy) is 1. The second-order valence-electron chi connectivity index (χ2n) is 14.4. The largest absolute Gasteiger partial charge is 0.475 e. The fourth-order valence-electron chi connectivity index (χ4n) is 7.92. The number of carboxylic acid groups (broad SMARTS) is 1. The van der Waals surface area contributed by atoms with E-state index in [9.17, 15) is 28.7 Å². The molecule has 252 valence electrons. The van der Waals surface area contributed by atoms with Crippen molar-refractivity contribution >= 4 is 40.5 Å². The molecular formula is C35H48FN3O7. The first-order valence-electron chi connectivity index (χ1n) is 16.8. The summed E-state index contributed by atoms with van der Waals surface area (Å²) in [5, 5.41) is 15.8. The third-order valence-corrected chi connectivity index (χ3v) is 10.2. The Bertz CT molecular complexity index is 1440. The first-order chi connectivity index (χ1) is 21.9. The minimum absolute atomic E-state index is 0.0268. The van der Waals surface area contributed by atoms with Crippen LogP contribution in [0.1, 0.15) is 101 Å². The van der Waals surface area contributed by atoms with Crippen LogP contribution in [0.15, 0.2) is 22.6 Å². The van der Waals surface area contributed by atoms with Crippen molar-refractivity contribution in [2.75, 3.05) is 18.5 Å². The molecule has 1 saturated heterocycles. The number of furan rings is 1. The summed E-state index contributed by atoms with van der Waals surface area (Å²) in [6.07, 6.45) is 8.01. The molecule has 1 aromatic carbocycles. The summed E-state index contributed by atoms with van der Waals surface area (Å²) in [5.41, 5.74) is 0.758. The van der Waals surface area contributed by atoms with Crippen LogP contribution in [0.4, 0.5) is 14.9 Å². The maximum Gasteiger partial charge on any atom is 0.407 e. The van der Waals surface area contributed by atoms with Gasteiger partial charge in [0.25, 0.3) is 0 Å². The van der Waals surface area contributed by atoms with Gasteiger partial charge in [0.2, 0.25) is 17.6 Å². The number of alkyl halides is 1. The summed E-state index contributed by atoms with van der Waals surface area (Å²) in [5.74, 6) is -1.46. The van der Waals surface area contributed by atoms with Gasteiger partial charge >= 0.3 is 12.1 Å². The Kier molecular flexibility index (Phi) is 10.3. The molecule has 1 aromatic heterocycles.